The minimum absolute atomic E-state index is 0.234. The number of pyridine rings is 1. The summed E-state index contributed by atoms with van der Waals surface area (Å²) in [5.41, 5.74) is 0.993. The van der Waals surface area contributed by atoms with Gasteiger partial charge in [0, 0.05) is 23.7 Å². The lowest BCUT2D eigenvalue weighted by Crippen LogP contribution is -2.12. The molecule has 1 aliphatic carbocycles. The maximum atomic E-state index is 13.5. The van der Waals surface area contributed by atoms with Crippen LogP contribution in [-0.2, 0) is 4.74 Å². The molecule has 1 heterocycles. The van der Waals surface area contributed by atoms with Crippen molar-refractivity contribution in [1.29, 1.82) is 0 Å². The van der Waals surface area contributed by atoms with Crippen molar-refractivity contribution < 1.29 is 18.3 Å². The number of fused-ring (bicyclic) bond motifs is 1. The molecular formula is C15H14F2N2O2. The smallest absolute Gasteiger partial charge is 0.341 e. The lowest BCUT2D eigenvalue weighted by atomic mass is 10.1. The van der Waals surface area contributed by atoms with E-state index in [0.29, 0.717) is 16.6 Å². The topological polar surface area (TPSA) is 51.2 Å². The van der Waals surface area contributed by atoms with Gasteiger partial charge in [0.15, 0.2) is 11.6 Å². The summed E-state index contributed by atoms with van der Waals surface area (Å²) >= 11 is 0. The standard InChI is InChI=1S/C15H14F2N2O2/c1-2-21-15(20)10-7-18-13-6-12(17)11(16)5-9(13)14(10)19-8-3-4-8/h5-8H,2-4H2,1H3,(H,18,19). The number of esters is 1. The van der Waals surface area contributed by atoms with Crippen LogP contribution in [0.15, 0.2) is 18.3 Å². The summed E-state index contributed by atoms with van der Waals surface area (Å²) in [5, 5.41) is 3.56. The fourth-order valence-electron chi connectivity index (χ4n) is 2.14. The summed E-state index contributed by atoms with van der Waals surface area (Å²) in [6.45, 7) is 1.94. The van der Waals surface area contributed by atoms with E-state index in [1.54, 1.807) is 6.92 Å². The number of carbonyl (C=O) groups excluding carboxylic acids is 1. The van der Waals surface area contributed by atoms with Gasteiger partial charge in [-0.05, 0) is 25.8 Å². The molecule has 0 atom stereocenters. The molecule has 1 saturated carbocycles. The summed E-state index contributed by atoms with van der Waals surface area (Å²) in [7, 11) is 0. The number of hydrogen-bond acceptors (Lipinski definition) is 4. The first-order valence-corrected chi connectivity index (χ1v) is 6.81. The number of anilines is 1. The quantitative estimate of drug-likeness (QED) is 0.879. The number of aromatic nitrogens is 1. The van der Waals surface area contributed by atoms with E-state index in [0.717, 1.165) is 25.0 Å². The molecule has 1 aromatic heterocycles. The third-order valence-corrected chi connectivity index (χ3v) is 3.33. The molecule has 0 aliphatic heterocycles. The van der Waals surface area contributed by atoms with Crippen molar-refractivity contribution in [3.05, 3.63) is 35.5 Å². The Balaban J connectivity index is 2.17. The van der Waals surface area contributed by atoms with Crippen LogP contribution < -0.4 is 5.32 Å². The molecule has 1 aromatic carbocycles. The van der Waals surface area contributed by atoms with Crippen molar-refractivity contribution in [3.8, 4) is 0 Å². The van der Waals surface area contributed by atoms with Gasteiger partial charge in [0.25, 0.3) is 0 Å². The summed E-state index contributed by atoms with van der Waals surface area (Å²) in [4.78, 5) is 16.0. The predicted octanol–water partition coefficient (Wildman–Crippen LogP) is 3.26. The molecular weight excluding hydrogens is 278 g/mol. The van der Waals surface area contributed by atoms with Crippen LogP contribution in [0, 0.1) is 11.6 Å². The number of ether oxygens (including phenoxy) is 1. The van der Waals surface area contributed by atoms with E-state index in [9.17, 15) is 13.6 Å². The number of hydrogen-bond donors (Lipinski definition) is 1. The van der Waals surface area contributed by atoms with Crippen molar-refractivity contribution in [2.24, 2.45) is 0 Å². The van der Waals surface area contributed by atoms with E-state index in [1.807, 2.05) is 0 Å². The molecule has 0 radical (unpaired) electrons. The van der Waals surface area contributed by atoms with E-state index < -0.39 is 17.6 Å². The Kier molecular flexibility index (Phi) is 3.45. The van der Waals surface area contributed by atoms with Crippen LogP contribution >= 0.6 is 0 Å². The first-order chi connectivity index (χ1) is 10.1. The van der Waals surface area contributed by atoms with Gasteiger partial charge in [-0.3, -0.25) is 4.98 Å². The van der Waals surface area contributed by atoms with Crippen LogP contribution in [0.5, 0.6) is 0 Å². The average molecular weight is 292 g/mol. The molecule has 21 heavy (non-hydrogen) atoms. The Morgan fingerprint density at radius 1 is 1.38 bits per heavy atom. The highest BCUT2D eigenvalue weighted by atomic mass is 19.2. The zero-order valence-electron chi connectivity index (χ0n) is 11.5. The second kappa shape index (κ2) is 5.27. The molecule has 0 saturated heterocycles. The molecule has 0 amide bonds. The van der Waals surface area contributed by atoms with Crippen molar-refractivity contribution in [1.82, 2.24) is 4.98 Å². The zero-order valence-corrected chi connectivity index (χ0v) is 11.5. The van der Waals surface area contributed by atoms with Gasteiger partial charge < -0.3 is 10.1 Å². The van der Waals surface area contributed by atoms with Gasteiger partial charge >= 0.3 is 5.97 Å². The largest absolute Gasteiger partial charge is 0.462 e. The van der Waals surface area contributed by atoms with Gasteiger partial charge in [0.05, 0.1) is 17.8 Å². The fourth-order valence-corrected chi connectivity index (χ4v) is 2.14. The summed E-state index contributed by atoms with van der Waals surface area (Å²) in [6, 6.07) is 2.33. The maximum Gasteiger partial charge on any atom is 0.341 e. The molecule has 4 nitrogen and oxygen atoms in total. The van der Waals surface area contributed by atoms with Gasteiger partial charge in [-0.25, -0.2) is 13.6 Å². The van der Waals surface area contributed by atoms with Crippen LogP contribution in [-0.4, -0.2) is 23.6 Å². The van der Waals surface area contributed by atoms with E-state index in [1.165, 1.54) is 6.20 Å². The second-order valence-corrected chi connectivity index (χ2v) is 4.97. The van der Waals surface area contributed by atoms with E-state index >= 15 is 0 Å². The Morgan fingerprint density at radius 2 is 2.10 bits per heavy atom. The maximum absolute atomic E-state index is 13.5. The van der Waals surface area contributed by atoms with Crippen LogP contribution in [0.25, 0.3) is 10.9 Å². The molecule has 0 unspecified atom stereocenters. The minimum Gasteiger partial charge on any atom is -0.462 e. The number of nitrogens with zero attached hydrogens (tertiary/aromatic N) is 1. The molecule has 0 spiro atoms. The molecule has 1 aliphatic rings. The molecule has 0 bridgehead atoms. The number of carbonyl (C=O) groups is 1. The Hall–Kier alpha value is -2.24. The Bertz CT molecular complexity index is 714. The summed E-state index contributed by atoms with van der Waals surface area (Å²) in [6.07, 6.45) is 3.30. The summed E-state index contributed by atoms with van der Waals surface area (Å²) in [5.74, 6) is -2.46. The molecule has 1 N–H and O–H groups in total. The van der Waals surface area contributed by atoms with Crippen LogP contribution in [0.2, 0.25) is 0 Å². The monoisotopic (exact) mass is 292 g/mol. The molecule has 1 fully saturated rings. The van der Waals surface area contributed by atoms with Crippen molar-refractivity contribution in [2.45, 2.75) is 25.8 Å². The highest BCUT2D eigenvalue weighted by Crippen LogP contribution is 2.33. The van der Waals surface area contributed by atoms with Gasteiger partial charge in [-0.2, -0.15) is 0 Å². The van der Waals surface area contributed by atoms with Crippen molar-refractivity contribution in [2.75, 3.05) is 11.9 Å². The van der Waals surface area contributed by atoms with Crippen molar-refractivity contribution >= 4 is 22.6 Å². The average Bonchev–Trinajstić information content (AvgIpc) is 3.25. The molecule has 3 rings (SSSR count). The third-order valence-electron chi connectivity index (χ3n) is 3.33. The SMILES string of the molecule is CCOC(=O)c1cnc2cc(F)c(F)cc2c1NC1CC1. The van der Waals surface area contributed by atoms with Crippen LogP contribution in [0.4, 0.5) is 14.5 Å². The minimum atomic E-state index is -0.968. The third kappa shape index (κ3) is 2.66. The predicted molar refractivity (Wildman–Crippen MR) is 74.3 cm³/mol. The Labute approximate surface area is 120 Å². The second-order valence-electron chi connectivity index (χ2n) is 4.97. The normalized spacial score (nSPS) is 14.2. The number of rotatable bonds is 4. The highest BCUT2D eigenvalue weighted by molar-refractivity contribution is 6.05. The number of benzene rings is 1. The zero-order chi connectivity index (χ0) is 15.0. The molecule has 6 heteroatoms. The van der Waals surface area contributed by atoms with Gasteiger partial charge in [0.2, 0.25) is 0 Å². The van der Waals surface area contributed by atoms with E-state index in [-0.39, 0.29) is 18.2 Å². The van der Waals surface area contributed by atoms with Gasteiger partial charge in [-0.15, -0.1) is 0 Å². The molecule has 2 aromatic rings. The van der Waals surface area contributed by atoms with E-state index in [2.05, 4.69) is 10.3 Å². The van der Waals surface area contributed by atoms with Crippen LogP contribution in [0.1, 0.15) is 30.1 Å². The van der Waals surface area contributed by atoms with Crippen molar-refractivity contribution in [3.63, 3.8) is 0 Å². The fraction of sp³-hybridized carbons (Fsp3) is 0.333. The van der Waals surface area contributed by atoms with E-state index in [4.69, 9.17) is 4.74 Å². The Morgan fingerprint density at radius 3 is 2.76 bits per heavy atom. The van der Waals surface area contributed by atoms with Crippen LogP contribution in [0.3, 0.4) is 0 Å². The summed E-state index contributed by atoms with van der Waals surface area (Å²) < 4.78 is 31.8. The lowest BCUT2D eigenvalue weighted by Gasteiger charge is -2.13. The van der Waals surface area contributed by atoms with Gasteiger partial charge in [0.1, 0.15) is 5.56 Å². The molecule has 110 valence electrons. The first-order valence-electron chi connectivity index (χ1n) is 6.81. The lowest BCUT2D eigenvalue weighted by molar-refractivity contribution is 0.0527. The number of halogens is 2. The highest BCUT2D eigenvalue weighted by Gasteiger charge is 2.26. The first kappa shape index (κ1) is 13.7. The number of nitrogens with one attached hydrogen (secondary N) is 1. The van der Waals surface area contributed by atoms with Gasteiger partial charge in [-0.1, -0.05) is 0 Å².